The van der Waals surface area contributed by atoms with Crippen LogP contribution in [0.5, 0.6) is 11.5 Å². The summed E-state index contributed by atoms with van der Waals surface area (Å²) in [5.41, 5.74) is 0.715. The molecular formula is C22H29N3O4. The fourth-order valence-electron chi connectivity index (χ4n) is 6.20. The van der Waals surface area contributed by atoms with E-state index in [-0.39, 0.29) is 24.4 Å². The Morgan fingerprint density at radius 3 is 2.93 bits per heavy atom. The molecule has 2 saturated heterocycles. The molecule has 7 heteroatoms. The lowest BCUT2D eigenvalue weighted by molar-refractivity contribution is -0.138. The highest BCUT2D eigenvalue weighted by Gasteiger charge is 2.55. The summed E-state index contributed by atoms with van der Waals surface area (Å²) in [6, 6.07) is 5.34. The van der Waals surface area contributed by atoms with E-state index in [1.807, 2.05) is 12.1 Å². The molecule has 0 bridgehead atoms. The quantitative estimate of drug-likeness (QED) is 0.798. The zero-order chi connectivity index (χ0) is 20.0. The Bertz CT molecular complexity index is 828. The van der Waals surface area contributed by atoms with Crippen molar-refractivity contribution < 1.29 is 19.1 Å². The van der Waals surface area contributed by atoms with Crippen LogP contribution >= 0.6 is 0 Å². The van der Waals surface area contributed by atoms with Crippen molar-refractivity contribution in [2.24, 2.45) is 11.8 Å². The van der Waals surface area contributed by atoms with Gasteiger partial charge in [-0.1, -0.05) is 6.92 Å². The van der Waals surface area contributed by atoms with Crippen molar-refractivity contribution in [3.8, 4) is 11.5 Å². The maximum absolute atomic E-state index is 12.7. The number of fused-ring (bicyclic) bond motifs is 1. The maximum Gasteiger partial charge on any atom is 0.319 e. The first-order valence-corrected chi connectivity index (χ1v) is 10.8. The van der Waals surface area contributed by atoms with Crippen molar-refractivity contribution in [1.29, 1.82) is 0 Å². The molecule has 4 atom stereocenters. The summed E-state index contributed by atoms with van der Waals surface area (Å²) in [7, 11) is 0. The normalized spacial score (nSPS) is 32.9. The second-order valence-electron chi connectivity index (χ2n) is 8.92. The zero-order valence-electron chi connectivity index (χ0n) is 16.9. The van der Waals surface area contributed by atoms with Crippen LogP contribution in [0.25, 0.3) is 0 Å². The van der Waals surface area contributed by atoms with Crippen molar-refractivity contribution in [1.82, 2.24) is 10.2 Å². The Morgan fingerprint density at radius 2 is 2.03 bits per heavy atom. The Balaban J connectivity index is 1.27. The first kappa shape index (κ1) is 18.6. The fourth-order valence-corrected chi connectivity index (χ4v) is 6.20. The summed E-state index contributed by atoms with van der Waals surface area (Å²) in [6.07, 6.45) is 6.83. The van der Waals surface area contributed by atoms with Crippen LogP contribution in [-0.4, -0.2) is 41.8 Å². The van der Waals surface area contributed by atoms with Gasteiger partial charge in [-0.05, 0) is 62.5 Å². The van der Waals surface area contributed by atoms with Gasteiger partial charge in [0.15, 0.2) is 11.5 Å². The van der Waals surface area contributed by atoms with Gasteiger partial charge in [0.05, 0.1) is 0 Å². The van der Waals surface area contributed by atoms with Crippen LogP contribution in [0.1, 0.15) is 51.9 Å². The average Bonchev–Trinajstić information content (AvgIpc) is 3.31. The number of benzene rings is 1. The highest BCUT2D eigenvalue weighted by molar-refractivity contribution is 5.90. The van der Waals surface area contributed by atoms with Gasteiger partial charge in [-0.2, -0.15) is 0 Å². The molecule has 3 aliphatic heterocycles. The highest BCUT2D eigenvalue weighted by atomic mass is 16.7. The Morgan fingerprint density at radius 1 is 1.17 bits per heavy atom. The van der Waals surface area contributed by atoms with Gasteiger partial charge in [-0.15, -0.1) is 0 Å². The highest BCUT2D eigenvalue weighted by Crippen LogP contribution is 2.51. The lowest BCUT2D eigenvalue weighted by Crippen LogP contribution is -2.60. The number of amides is 3. The van der Waals surface area contributed by atoms with Gasteiger partial charge in [-0.3, -0.25) is 4.79 Å². The van der Waals surface area contributed by atoms with Crippen molar-refractivity contribution >= 4 is 17.6 Å². The van der Waals surface area contributed by atoms with Crippen LogP contribution in [0, 0.1) is 11.8 Å². The van der Waals surface area contributed by atoms with E-state index in [4.69, 9.17) is 9.47 Å². The Hall–Kier alpha value is -2.44. The van der Waals surface area contributed by atoms with E-state index < -0.39 is 0 Å². The molecule has 0 aromatic heterocycles. The van der Waals surface area contributed by atoms with Gasteiger partial charge in [0, 0.05) is 36.3 Å². The molecule has 2 N–H and O–H groups in total. The molecule has 156 valence electrons. The Kier molecular flexibility index (Phi) is 4.56. The molecule has 3 heterocycles. The molecule has 5 rings (SSSR count). The third-order valence-electron chi connectivity index (χ3n) is 7.53. The van der Waals surface area contributed by atoms with Gasteiger partial charge >= 0.3 is 6.03 Å². The molecule has 3 fully saturated rings. The molecule has 7 nitrogen and oxygen atoms in total. The van der Waals surface area contributed by atoms with Crippen LogP contribution in [0.2, 0.25) is 0 Å². The van der Waals surface area contributed by atoms with E-state index >= 15 is 0 Å². The third-order valence-corrected chi connectivity index (χ3v) is 7.53. The summed E-state index contributed by atoms with van der Waals surface area (Å²) in [6.45, 7) is 3.38. The molecular weight excluding hydrogens is 370 g/mol. The summed E-state index contributed by atoms with van der Waals surface area (Å²) in [5.74, 6) is 2.49. The van der Waals surface area contributed by atoms with Crippen molar-refractivity contribution in [2.45, 2.75) is 63.5 Å². The van der Waals surface area contributed by atoms with E-state index in [0.717, 1.165) is 45.1 Å². The maximum atomic E-state index is 12.7. The molecule has 1 aliphatic carbocycles. The number of carbonyl (C=O) groups excluding carboxylic acids is 2. The predicted molar refractivity (Wildman–Crippen MR) is 108 cm³/mol. The predicted octanol–water partition coefficient (Wildman–Crippen LogP) is 3.50. The molecule has 0 unspecified atom stereocenters. The second-order valence-corrected chi connectivity index (χ2v) is 8.92. The van der Waals surface area contributed by atoms with Crippen LogP contribution in [0.4, 0.5) is 10.5 Å². The lowest BCUT2D eigenvalue weighted by atomic mass is 9.63. The lowest BCUT2D eigenvalue weighted by Gasteiger charge is -2.52. The molecule has 1 saturated carbocycles. The molecule has 29 heavy (non-hydrogen) atoms. The average molecular weight is 399 g/mol. The molecule has 3 amide bonds. The number of ether oxygens (including phenoxy) is 2. The number of urea groups is 1. The summed E-state index contributed by atoms with van der Waals surface area (Å²) in [5, 5.41) is 6.13. The number of nitrogens with one attached hydrogen (secondary N) is 2. The fraction of sp³-hybridized carbons (Fsp3) is 0.636. The van der Waals surface area contributed by atoms with Crippen LogP contribution in [-0.2, 0) is 4.79 Å². The minimum atomic E-state index is -0.190. The molecule has 1 spiro atoms. The second kappa shape index (κ2) is 7.11. The number of rotatable bonds is 2. The molecule has 1 aromatic rings. The number of carbonyl (C=O) groups is 2. The summed E-state index contributed by atoms with van der Waals surface area (Å²) < 4.78 is 10.7. The van der Waals surface area contributed by atoms with E-state index in [2.05, 4.69) is 22.5 Å². The van der Waals surface area contributed by atoms with E-state index in [0.29, 0.717) is 41.4 Å². The zero-order valence-corrected chi connectivity index (χ0v) is 16.9. The van der Waals surface area contributed by atoms with E-state index in [9.17, 15) is 9.59 Å². The van der Waals surface area contributed by atoms with Crippen LogP contribution in [0.3, 0.4) is 0 Å². The standard InChI is InChI=1S/C22H29N3O4/c1-14-16-4-2-5-20(26)25-11-3-9-22(16,25)10-8-17(14)24-21(27)23-15-6-7-18-19(12-15)29-13-28-18/h6-7,12,14,16-17H,2-5,8-11,13H2,1H3,(H2,23,24,27)/t14-,16+,17+,22-/m1/s1. The minimum absolute atomic E-state index is 0.0268. The molecule has 4 aliphatic rings. The van der Waals surface area contributed by atoms with Crippen LogP contribution < -0.4 is 20.1 Å². The number of nitrogens with zero attached hydrogens (tertiary/aromatic N) is 1. The number of hydrogen-bond donors (Lipinski definition) is 2. The van der Waals surface area contributed by atoms with Crippen LogP contribution in [0.15, 0.2) is 18.2 Å². The van der Waals surface area contributed by atoms with Crippen molar-refractivity contribution in [2.75, 3.05) is 18.7 Å². The number of hydrogen-bond acceptors (Lipinski definition) is 4. The first-order chi connectivity index (χ1) is 14.1. The SMILES string of the molecule is C[C@H]1[C@@H](NC(=O)Nc2ccc3c(c2)OCO3)CC[C@@]23CCCN2C(=O)CCC[C@@H]13. The molecule has 0 radical (unpaired) electrons. The summed E-state index contributed by atoms with van der Waals surface area (Å²) in [4.78, 5) is 27.5. The monoisotopic (exact) mass is 399 g/mol. The first-order valence-electron chi connectivity index (χ1n) is 10.8. The smallest absolute Gasteiger partial charge is 0.319 e. The van der Waals surface area contributed by atoms with Gasteiger partial charge in [0.25, 0.3) is 0 Å². The summed E-state index contributed by atoms with van der Waals surface area (Å²) >= 11 is 0. The van der Waals surface area contributed by atoms with Gasteiger partial charge < -0.3 is 25.0 Å². The number of anilines is 1. The third kappa shape index (κ3) is 3.11. The van der Waals surface area contributed by atoms with Gasteiger partial charge in [-0.25, -0.2) is 4.79 Å². The van der Waals surface area contributed by atoms with E-state index in [1.54, 1.807) is 6.07 Å². The van der Waals surface area contributed by atoms with Crippen molar-refractivity contribution in [3.63, 3.8) is 0 Å². The largest absolute Gasteiger partial charge is 0.454 e. The topological polar surface area (TPSA) is 79.9 Å². The van der Waals surface area contributed by atoms with E-state index in [1.165, 1.54) is 0 Å². The minimum Gasteiger partial charge on any atom is -0.454 e. The van der Waals surface area contributed by atoms with Crippen molar-refractivity contribution in [3.05, 3.63) is 18.2 Å². The van der Waals surface area contributed by atoms with Gasteiger partial charge in [0.1, 0.15) is 0 Å². The Labute approximate surface area is 171 Å². The molecule has 1 aromatic carbocycles. The van der Waals surface area contributed by atoms with Gasteiger partial charge in [0.2, 0.25) is 12.7 Å².